The predicted molar refractivity (Wildman–Crippen MR) is 100 cm³/mol. The third-order valence-electron chi connectivity index (χ3n) is 5.45. The van der Waals surface area contributed by atoms with E-state index in [1.165, 1.54) is 6.92 Å². The fourth-order valence-electron chi connectivity index (χ4n) is 3.44. The molecule has 28 heavy (non-hydrogen) atoms. The van der Waals surface area contributed by atoms with Crippen LogP contribution < -0.4 is 5.32 Å². The van der Waals surface area contributed by atoms with Crippen molar-refractivity contribution in [2.75, 3.05) is 6.54 Å². The lowest BCUT2D eigenvalue weighted by molar-refractivity contribution is -0.141. The minimum Gasteiger partial charge on any atom is -0.336 e. The summed E-state index contributed by atoms with van der Waals surface area (Å²) in [6.07, 6.45) is 1.45. The van der Waals surface area contributed by atoms with Gasteiger partial charge in [0.2, 0.25) is 5.91 Å². The zero-order chi connectivity index (χ0) is 21.2. The highest BCUT2D eigenvalue weighted by Gasteiger charge is 2.51. The van der Waals surface area contributed by atoms with E-state index in [2.05, 4.69) is 5.32 Å². The second kappa shape index (κ2) is 8.24. The molecule has 1 heterocycles. The number of imide groups is 1. The number of halogens is 2. The maximum atomic E-state index is 14.2. The molecule has 0 spiro atoms. The van der Waals surface area contributed by atoms with Gasteiger partial charge in [-0.25, -0.2) is 13.6 Å². The summed E-state index contributed by atoms with van der Waals surface area (Å²) in [6, 6.07) is 1.78. The van der Waals surface area contributed by atoms with Crippen LogP contribution in [0, 0.1) is 11.6 Å². The van der Waals surface area contributed by atoms with E-state index in [1.807, 2.05) is 27.7 Å². The van der Waals surface area contributed by atoms with Crippen LogP contribution >= 0.6 is 0 Å². The van der Waals surface area contributed by atoms with Crippen LogP contribution in [0.15, 0.2) is 18.2 Å². The van der Waals surface area contributed by atoms with E-state index < -0.39 is 35.7 Å². The Balaban J connectivity index is 2.30. The molecule has 0 radical (unpaired) electrons. The smallest absolute Gasteiger partial charge is 0.325 e. The first-order chi connectivity index (χ1) is 13.1. The zero-order valence-corrected chi connectivity index (χ0v) is 16.9. The molecule has 8 heteroatoms. The van der Waals surface area contributed by atoms with Gasteiger partial charge in [0, 0.05) is 17.6 Å². The number of nitrogens with zero attached hydrogens (tertiary/aromatic N) is 2. The molecule has 0 bridgehead atoms. The van der Waals surface area contributed by atoms with Gasteiger partial charge < -0.3 is 10.2 Å². The number of benzene rings is 1. The van der Waals surface area contributed by atoms with Gasteiger partial charge in [0.1, 0.15) is 23.7 Å². The second-order valence-electron chi connectivity index (χ2n) is 7.39. The molecule has 154 valence electrons. The van der Waals surface area contributed by atoms with Crippen molar-refractivity contribution in [3.8, 4) is 0 Å². The predicted octanol–water partition coefficient (Wildman–Crippen LogP) is 3.16. The number of carbonyl (C=O) groups excluding carboxylic acids is 3. The Kier molecular flexibility index (Phi) is 6.41. The van der Waals surface area contributed by atoms with E-state index in [-0.39, 0.29) is 23.6 Å². The molecule has 1 aliphatic heterocycles. The third-order valence-corrected chi connectivity index (χ3v) is 5.45. The molecule has 6 nitrogen and oxygen atoms in total. The maximum absolute atomic E-state index is 14.2. The zero-order valence-electron chi connectivity index (χ0n) is 16.9. The first kappa shape index (κ1) is 21.8. The fourth-order valence-corrected chi connectivity index (χ4v) is 3.44. The molecular formula is C20H27F2N3O3. The van der Waals surface area contributed by atoms with Crippen LogP contribution in [0.25, 0.3) is 0 Å². The summed E-state index contributed by atoms with van der Waals surface area (Å²) in [7, 11) is 0. The maximum Gasteiger partial charge on any atom is 0.325 e. The van der Waals surface area contributed by atoms with Gasteiger partial charge in [-0.2, -0.15) is 0 Å². The fraction of sp³-hybridized carbons (Fsp3) is 0.550. The normalized spacial score (nSPS) is 21.5. The molecule has 4 amide bonds. The number of hydrogen-bond donors (Lipinski definition) is 1. The number of hydrogen-bond acceptors (Lipinski definition) is 3. The average Bonchev–Trinajstić information content (AvgIpc) is 2.87. The van der Waals surface area contributed by atoms with Gasteiger partial charge in [-0.3, -0.25) is 14.5 Å². The van der Waals surface area contributed by atoms with Gasteiger partial charge in [0.15, 0.2) is 0 Å². The molecule has 0 aromatic heterocycles. The van der Waals surface area contributed by atoms with Gasteiger partial charge in [-0.1, -0.05) is 13.8 Å². The van der Waals surface area contributed by atoms with Crippen LogP contribution in [-0.2, 0) is 15.1 Å². The Labute approximate surface area is 163 Å². The summed E-state index contributed by atoms with van der Waals surface area (Å²) in [6.45, 7) is 8.56. The lowest BCUT2D eigenvalue weighted by atomic mass is 9.91. The Morgan fingerprint density at radius 1 is 1.18 bits per heavy atom. The molecule has 1 aromatic carbocycles. The Morgan fingerprint density at radius 3 is 2.29 bits per heavy atom. The first-order valence-corrected chi connectivity index (χ1v) is 9.47. The van der Waals surface area contributed by atoms with Crippen LogP contribution in [0.1, 0.15) is 53.0 Å². The molecule has 1 aliphatic rings. The van der Waals surface area contributed by atoms with Crippen LogP contribution in [0.5, 0.6) is 0 Å². The number of carbonyl (C=O) groups is 3. The summed E-state index contributed by atoms with van der Waals surface area (Å²) in [5.74, 6) is -2.69. The van der Waals surface area contributed by atoms with Crippen molar-refractivity contribution in [2.45, 2.75) is 65.1 Å². The van der Waals surface area contributed by atoms with Crippen molar-refractivity contribution in [1.29, 1.82) is 0 Å². The Bertz CT molecular complexity index is 776. The molecule has 1 N–H and O–H groups in total. The van der Waals surface area contributed by atoms with E-state index in [1.54, 1.807) is 4.90 Å². The molecule has 0 aliphatic carbocycles. The van der Waals surface area contributed by atoms with Crippen molar-refractivity contribution in [2.24, 2.45) is 0 Å². The van der Waals surface area contributed by atoms with Crippen LogP contribution in [0.4, 0.5) is 13.6 Å². The van der Waals surface area contributed by atoms with Crippen molar-refractivity contribution in [3.05, 3.63) is 35.4 Å². The number of rotatable bonds is 7. The second-order valence-corrected chi connectivity index (χ2v) is 7.39. The molecule has 1 aromatic rings. The quantitative estimate of drug-likeness (QED) is 0.721. The molecule has 1 saturated heterocycles. The summed E-state index contributed by atoms with van der Waals surface area (Å²) in [4.78, 5) is 40.6. The van der Waals surface area contributed by atoms with Crippen molar-refractivity contribution >= 4 is 17.8 Å². The summed E-state index contributed by atoms with van der Waals surface area (Å²) in [5, 5.41) is 2.41. The largest absolute Gasteiger partial charge is 0.336 e. The van der Waals surface area contributed by atoms with E-state index in [4.69, 9.17) is 0 Å². The van der Waals surface area contributed by atoms with Gasteiger partial charge in [0.05, 0.1) is 0 Å². The highest BCUT2D eigenvalue weighted by Crippen LogP contribution is 2.31. The van der Waals surface area contributed by atoms with Crippen molar-refractivity contribution in [1.82, 2.24) is 15.1 Å². The first-order valence-electron chi connectivity index (χ1n) is 9.47. The van der Waals surface area contributed by atoms with Crippen LogP contribution in [-0.4, -0.2) is 46.3 Å². The van der Waals surface area contributed by atoms with E-state index in [9.17, 15) is 23.2 Å². The number of urea groups is 1. The standard InChI is InChI=1S/C20H27F2N3O3/c1-6-12(3)25(13(4)7-2)17(26)11-24-18(27)20(5,23-19(24)28)15-10-14(21)8-9-16(15)22/h8-10,12-13H,6-7,11H2,1-5H3,(H,23,28)/t12-,13-,20-/m1/s1. The van der Waals surface area contributed by atoms with Crippen molar-refractivity contribution < 1.29 is 23.2 Å². The molecule has 0 saturated carbocycles. The number of amides is 4. The molecule has 2 rings (SSSR count). The van der Waals surface area contributed by atoms with Gasteiger partial charge in [0.25, 0.3) is 5.91 Å². The van der Waals surface area contributed by atoms with Gasteiger partial charge in [-0.05, 0) is 51.8 Å². The lowest BCUT2D eigenvalue weighted by Gasteiger charge is -2.35. The Hall–Kier alpha value is -2.51. The molecule has 0 unspecified atom stereocenters. The van der Waals surface area contributed by atoms with E-state index in [0.717, 1.165) is 35.9 Å². The summed E-state index contributed by atoms with van der Waals surface area (Å²) in [5.41, 5.74) is -2.05. The topological polar surface area (TPSA) is 69.7 Å². The molecule has 3 atom stereocenters. The minimum atomic E-state index is -1.78. The summed E-state index contributed by atoms with van der Waals surface area (Å²) >= 11 is 0. The van der Waals surface area contributed by atoms with Gasteiger partial charge >= 0.3 is 6.03 Å². The Morgan fingerprint density at radius 2 is 1.75 bits per heavy atom. The highest BCUT2D eigenvalue weighted by molar-refractivity contribution is 6.09. The van der Waals surface area contributed by atoms with Gasteiger partial charge in [-0.15, -0.1) is 0 Å². The van der Waals surface area contributed by atoms with Crippen molar-refractivity contribution in [3.63, 3.8) is 0 Å². The van der Waals surface area contributed by atoms with E-state index in [0.29, 0.717) is 0 Å². The molecular weight excluding hydrogens is 368 g/mol. The minimum absolute atomic E-state index is 0.0599. The monoisotopic (exact) mass is 395 g/mol. The SMILES string of the molecule is CC[C@@H](C)N(C(=O)CN1C(=O)N[C@](C)(c2cc(F)ccc2F)C1=O)[C@H](C)CC. The number of nitrogens with one attached hydrogen (secondary N) is 1. The molecule has 1 fully saturated rings. The van der Waals surface area contributed by atoms with Crippen LogP contribution in [0.3, 0.4) is 0 Å². The van der Waals surface area contributed by atoms with Crippen LogP contribution in [0.2, 0.25) is 0 Å². The van der Waals surface area contributed by atoms with E-state index >= 15 is 0 Å². The lowest BCUT2D eigenvalue weighted by Crippen LogP contribution is -2.50. The summed E-state index contributed by atoms with van der Waals surface area (Å²) < 4.78 is 27.8. The third kappa shape index (κ3) is 3.86. The average molecular weight is 395 g/mol. The highest BCUT2D eigenvalue weighted by atomic mass is 19.1.